The van der Waals surface area contributed by atoms with Crippen molar-refractivity contribution in [1.29, 1.82) is 5.26 Å². The third kappa shape index (κ3) is 3.55. The number of nitrogens with two attached hydrogens (primary N) is 1. The monoisotopic (exact) mass is 377 g/mol. The SMILES string of the molecule is Cc1n[nH]c(C)c1-c1cc(-c2ccc(OC(C)C)c(CO)c2)c(C#N)c(N)n1. The molecule has 144 valence electrons. The predicted molar refractivity (Wildman–Crippen MR) is 108 cm³/mol. The van der Waals surface area contributed by atoms with E-state index < -0.39 is 0 Å². The molecule has 0 aliphatic rings. The Kier molecular flexibility index (Phi) is 5.34. The number of nitrogens with one attached hydrogen (secondary N) is 1. The maximum Gasteiger partial charge on any atom is 0.142 e. The van der Waals surface area contributed by atoms with Crippen molar-refractivity contribution in [3.05, 3.63) is 46.8 Å². The molecule has 0 saturated carbocycles. The molecule has 2 aromatic heterocycles. The number of aliphatic hydroxyl groups is 1. The first kappa shape index (κ1) is 19.4. The van der Waals surface area contributed by atoms with Crippen LogP contribution >= 0.6 is 0 Å². The van der Waals surface area contributed by atoms with E-state index in [4.69, 9.17) is 10.5 Å². The number of aryl methyl sites for hydroxylation is 2. The fraction of sp³-hybridized carbons (Fsp3) is 0.286. The van der Waals surface area contributed by atoms with Crippen molar-refractivity contribution in [2.45, 2.75) is 40.4 Å². The second kappa shape index (κ2) is 7.71. The van der Waals surface area contributed by atoms with E-state index in [2.05, 4.69) is 21.3 Å². The molecule has 0 amide bonds. The zero-order chi connectivity index (χ0) is 20.4. The van der Waals surface area contributed by atoms with Crippen LogP contribution in [-0.4, -0.2) is 26.4 Å². The lowest BCUT2D eigenvalue weighted by atomic mass is 9.96. The molecule has 4 N–H and O–H groups in total. The summed E-state index contributed by atoms with van der Waals surface area (Å²) >= 11 is 0. The second-order valence-corrected chi connectivity index (χ2v) is 6.88. The van der Waals surface area contributed by atoms with Crippen molar-refractivity contribution in [3.8, 4) is 34.2 Å². The summed E-state index contributed by atoms with van der Waals surface area (Å²) in [6.45, 7) is 7.47. The molecule has 0 saturated heterocycles. The number of nitriles is 1. The van der Waals surface area contributed by atoms with Gasteiger partial charge in [-0.3, -0.25) is 5.10 Å². The number of aromatic nitrogens is 3. The summed E-state index contributed by atoms with van der Waals surface area (Å²) in [5.41, 5.74) is 11.6. The van der Waals surface area contributed by atoms with Crippen molar-refractivity contribution < 1.29 is 9.84 Å². The van der Waals surface area contributed by atoms with Gasteiger partial charge in [0.05, 0.1) is 24.1 Å². The van der Waals surface area contributed by atoms with E-state index in [0.717, 1.165) is 22.5 Å². The van der Waals surface area contributed by atoms with Crippen LogP contribution in [0.5, 0.6) is 5.75 Å². The third-order valence-electron chi connectivity index (χ3n) is 4.45. The molecule has 7 heteroatoms. The molecule has 28 heavy (non-hydrogen) atoms. The zero-order valence-electron chi connectivity index (χ0n) is 16.4. The Hall–Kier alpha value is -3.37. The van der Waals surface area contributed by atoms with Gasteiger partial charge in [0, 0.05) is 22.4 Å². The average Bonchev–Trinajstić information content (AvgIpc) is 2.99. The highest BCUT2D eigenvalue weighted by atomic mass is 16.5. The Bertz CT molecular complexity index is 1040. The van der Waals surface area contributed by atoms with Gasteiger partial charge < -0.3 is 15.6 Å². The number of nitrogens with zero attached hydrogens (tertiary/aromatic N) is 3. The van der Waals surface area contributed by atoms with Crippen LogP contribution in [0.3, 0.4) is 0 Å². The van der Waals surface area contributed by atoms with Crippen molar-refractivity contribution in [1.82, 2.24) is 15.2 Å². The molecule has 2 heterocycles. The number of benzene rings is 1. The van der Waals surface area contributed by atoms with Gasteiger partial charge in [0.1, 0.15) is 23.2 Å². The molecule has 3 rings (SSSR count). The second-order valence-electron chi connectivity index (χ2n) is 6.88. The highest BCUT2D eigenvalue weighted by molar-refractivity contribution is 5.81. The fourth-order valence-electron chi connectivity index (χ4n) is 3.21. The number of rotatable bonds is 5. The average molecular weight is 377 g/mol. The topological polar surface area (TPSA) is 121 Å². The molecular weight excluding hydrogens is 354 g/mol. The first-order valence-electron chi connectivity index (χ1n) is 8.99. The van der Waals surface area contributed by atoms with Crippen LogP contribution < -0.4 is 10.5 Å². The minimum absolute atomic E-state index is 0.0129. The standard InChI is InChI=1S/C21H23N5O2/c1-11(2)28-19-6-5-14(7-15(19)10-27)16-8-18(24-21(23)17(16)9-22)20-12(3)25-26-13(20)4/h5-8,11,27H,10H2,1-4H3,(H2,23,24)(H,25,26). The van der Waals surface area contributed by atoms with Crippen LogP contribution in [-0.2, 0) is 6.61 Å². The number of aromatic amines is 1. The molecule has 1 aromatic carbocycles. The maximum atomic E-state index is 9.77. The Labute approximate surface area is 163 Å². The number of H-pyrrole nitrogens is 1. The van der Waals surface area contributed by atoms with E-state index in [9.17, 15) is 10.4 Å². The summed E-state index contributed by atoms with van der Waals surface area (Å²) in [6.07, 6.45) is -0.0129. The lowest BCUT2D eigenvalue weighted by Crippen LogP contribution is -2.07. The summed E-state index contributed by atoms with van der Waals surface area (Å²) in [7, 11) is 0. The Morgan fingerprint density at radius 3 is 2.61 bits per heavy atom. The van der Waals surface area contributed by atoms with Gasteiger partial charge in [-0.2, -0.15) is 10.4 Å². The van der Waals surface area contributed by atoms with Crippen LogP contribution in [0.2, 0.25) is 0 Å². The molecule has 0 atom stereocenters. The highest BCUT2D eigenvalue weighted by Gasteiger charge is 2.18. The van der Waals surface area contributed by atoms with Crippen LogP contribution in [0.4, 0.5) is 5.82 Å². The molecule has 0 fully saturated rings. The minimum atomic E-state index is -0.175. The van der Waals surface area contributed by atoms with Crippen molar-refractivity contribution in [2.75, 3.05) is 5.73 Å². The van der Waals surface area contributed by atoms with Gasteiger partial charge in [0.15, 0.2) is 0 Å². The van der Waals surface area contributed by atoms with Gasteiger partial charge in [-0.15, -0.1) is 0 Å². The van der Waals surface area contributed by atoms with E-state index in [-0.39, 0.29) is 18.5 Å². The fourth-order valence-corrected chi connectivity index (χ4v) is 3.21. The molecule has 0 unspecified atom stereocenters. The van der Waals surface area contributed by atoms with Crippen LogP contribution in [0, 0.1) is 25.2 Å². The van der Waals surface area contributed by atoms with Crippen molar-refractivity contribution in [3.63, 3.8) is 0 Å². The third-order valence-corrected chi connectivity index (χ3v) is 4.45. The molecule has 0 aliphatic heterocycles. The summed E-state index contributed by atoms with van der Waals surface area (Å²) in [6, 6.07) is 9.44. The Balaban J connectivity index is 2.20. The van der Waals surface area contributed by atoms with Crippen molar-refractivity contribution >= 4 is 5.82 Å². The van der Waals surface area contributed by atoms with E-state index in [1.54, 1.807) is 6.07 Å². The van der Waals surface area contributed by atoms with Gasteiger partial charge >= 0.3 is 0 Å². The zero-order valence-corrected chi connectivity index (χ0v) is 16.4. The van der Waals surface area contributed by atoms with Crippen LogP contribution in [0.1, 0.15) is 36.4 Å². The van der Waals surface area contributed by atoms with E-state index in [1.807, 2.05) is 45.9 Å². The number of ether oxygens (including phenoxy) is 1. The van der Waals surface area contributed by atoms with Gasteiger partial charge in [0.2, 0.25) is 0 Å². The molecule has 0 radical (unpaired) electrons. The van der Waals surface area contributed by atoms with E-state index in [0.29, 0.717) is 28.1 Å². The molecule has 0 spiro atoms. The van der Waals surface area contributed by atoms with E-state index in [1.165, 1.54) is 0 Å². The number of pyridine rings is 1. The minimum Gasteiger partial charge on any atom is -0.491 e. The van der Waals surface area contributed by atoms with Gasteiger partial charge in [-0.05, 0) is 51.5 Å². The molecule has 0 bridgehead atoms. The van der Waals surface area contributed by atoms with Gasteiger partial charge in [-0.1, -0.05) is 6.07 Å². The smallest absolute Gasteiger partial charge is 0.142 e. The largest absolute Gasteiger partial charge is 0.491 e. The first-order chi connectivity index (χ1) is 13.3. The van der Waals surface area contributed by atoms with Gasteiger partial charge in [0.25, 0.3) is 0 Å². The summed E-state index contributed by atoms with van der Waals surface area (Å²) in [4.78, 5) is 4.41. The number of hydrogen-bond donors (Lipinski definition) is 3. The maximum absolute atomic E-state index is 9.77. The highest BCUT2D eigenvalue weighted by Crippen LogP contribution is 2.35. The molecular formula is C21H23N5O2. The predicted octanol–water partition coefficient (Wildman–Crippen LogP) is 3.49. The number of anilines is 1. The van der Waals surface area contributed by atoms with Crippen LogP contribution in [0.15, 0.2) is 24.3 Å². The Morgan fingerprint density at radius 1 is 1.29 bits per heavy atom. The molecule has 7 nitrogen and oxygen atoms in total. The van der Waals surface area contributed by atoms with E-state index >= 15 is 0 Å². The summed E-state index contributed by atoms with van der Waals surface area (Å²) in [5, 5.41) is 26.6. The number of nitrogen functional groups attached to an aromatic ring is 1. The lowest BCUT2D eigenvalue weighted by molar-refractivity contribution is 0.225. The quantitative estimate of drug-likeness (QED) is 0.626. The molecule has 3 aromatic rings. The van der Waals surface area contributed by atoms with Crippen LogP contribution in [0.25, 0.3) is 22.4 Å². The first-order valence-corrected chi connectivity index (χ1v) is 8.99. The molecule has 0 aliphatic carbocycles. The normalized spacial score (nSPS) is 10.9. The number of hydrogen-bond acceptors (Lipinski definition) is 6. The summed E-state index contributed by atoms with van der Waals surface area (Å²) in [5.74, 6) is 0.770. The Morgan fingerprint density at radius 2 is 2.04 bits per heavy atom. The van der Waals surface area contributed by atoms with Crippen molar-refractivity contribution in [2.24, 2.45) is 0 Å². The number of aliphatic hydroxyl groups excluding tert-OH is 1. The lowest BCUT2D eigenvalue weighted by Gasteiger charge is -2.16. The summed E-state index contributed by atoms with van der Waals surface area (Å²) < 4.78 is 5.75. The van der Waals surface area contributed by atoms with Gasteiger partial charge in [-0.25, -0.2) is 4.98 Å².